The smallest absolute Gasteiger partial charge is 0.0942 e. The van der Waals surface area contributed by atoms with Gasteiger partial charge in [0.25, 0.3) is 0 Å². The van der Waals surface area contributed by atoms with Crippen molar-refractivity contribution in [1.29, 1.82) is 5.41 Å². The number of nitrogens with two attached hydrogens (primary N) is 1. The van der Waals surface area contributed by atoms with Crippen LogP contribution < -0.4 is 5.73 Å². The van der Waals surface area contributed by atoms with Crippen molar-refractivity contribution < 1.29 is 0 Å². The van der Waals surface area contributed by atoms with Crippen LogP contribution in [0.2, 0.25) is 0 Å². The van der Waals surface area contributed by atoms with E-state index in [1.807, 2.05) is 13.0 Å². The van der Waals surface area contributed by atoms with Crippen molar-refractivity contribution in [2.45, 2.75) is 11.1 Å². The lowest BCUT2D eigenvalue weighted by Crippen LogP contribution is -2.21. The van der Waals surface area contributed by atoms with Crippen LogP contribution in [-0.4, -0.2) is 11.6 Å². The first-order valence-electron chi connectivity index (χ1n) is 3.70. The molecule has 0 bridgehead atoms. The first-order valence-corrected chi connectivity index (χ1v) is 5.57. The Bertz CT molecular complexity index is 244. The Kier molecular flexibility index (Phi) is 3.62. The van der Waals surface area contributed by atoms with Crippen LogP contribution in [-0.2, 0) is 0 Å². The standard InChI is InChI=1S/C8H12N2S2/c1-6(8(9)10)5-12-7-3-2-4-11-7/h2-4,6H,5H2,1H3,(H3,9,10). The molecule has 0 fully saturated rings. The van der Waals surface area contributed by atoms with E-state index < -0.39 is 0 Å². The molecule has 0 aliphatic carbocycles. The average Bonchev–Trinajstić information content (AvgIpc) is 2.51. The first kappa shape index (κ1) is 9.61. The van der Waals surface area contributed by atoms with Crippen LogP contribution in [0.1, 0.15) is 6.92 Å². The molecule has 1 heterocycles. The molecule has 66 valence electrons. The first-order chi connectivity index (χ1) is 5.70. The van der Waals surface area contributed by atoms with E-state index in [0.29, 0.717) is 0 Å². The minimum Gasteiger partial charge on any atom is -0.387 e. The van der Waals surface area contributed by atoms with Gasteiger partial charge in [0.1, 0.15) is 0 Å². The normalized spacial score (nSPS) is 12.8. The van der Waals surface area contributed by atoms with Gasteiger partial charge in [0.05, 0.1) is 10.0 Å². The van der Waals surface area contributed by atoms with E-state index in [4.69, 9.17) is 11.1 Å². The van der Waals surface area contributed by atoms with E-state index in [9.17, 15) is 0 Å². The van der Waals surface area contributed by atoms with Crippen molar-refractivity contribution in [2.24, 2.45) is 11.7 Å². The van der Waals surface area contributed by atoms with Crippen molar-refractivity contribution in [3.63, 3.8) is 0 Å². The molecule has 0 aromatic carbocycles. The van der Waals surface area contributed by atoms with Crippen LogP contribution in [0.5, 0.6) is 0 Å². The summed E-state index contributed by atoms with van der Waals surface area (Å²) in [5.74, 6) is 1.35. The van der Waals surface area contributed by atoms with Gasteiger partial charge in [-0.05, 0) is 11.4 Å². The SMILES string of the molecule is CC(CSc1cccs1)C(=N)N. The summed E-state index contributed by atoms with van der Waals surface area (Å²) in [7, 11) is 0. The van der Waals surface area contributed by atoms with E-state index in [-0.39, 0.29) is 11.8 Å². The molecule has 2 nitrogen and oxygen atoms in total. The Morgan fingerprint density at radius 1 is 1.83 bits per heavy atom. The highest BCUT2D eigenvalue weighted by atomic mass is 32.2. The zero-order valence-electron chi connectivity index (χ0n) is 6.91. The summed E-state index contributed by atoms with van der Waals surface area (Å²) in [6, 6.07) is 4.12. The van der Waals surface area contributed by atoms with Crippen LogP contribution in [0, 0.1) is 11.3 Å². The number of amidine groups is 1. The van der Waals surface area contributed by atoms with Gasteiger partial charge in [-0.15, -0.1) is 23.1 Å². The maximum absolute atomic E-state index is 7.20. The van der Waals surface area contributed by atoms with Crippen LogP contribution in [0.3, 0.4) is 0 Å². The fourth-order valence-corrected chi connectivity index (χ4v) is 2.50. The van der Waals surface area contributed by atoms with Crippen molar-refractivity contribution in [3.8, 4) is 0 Å². The number of rotatable bonds is 4. The topological polar surface area (TPSA) is 49.9 Å². The maximum atomic E-state index is 7.20. The van der Waals surface area contributed by atoms with Gasteiger partial charge in [-0.2, -0.15) is 0 Å². The molecular formula is C8H12N2S2. The number of hydrogen-bond donors (Lipinski definition) is 2. The summed E-state index contributed by atoms with van der Waals surface area (Å²) in [6.07, 6.45) is 0. The molecule has 0 aliphatic heterocycles. The maximum Gasteiger partial charge on any atom is 0.0942 e. The molecule has 0 spiro atoms. The van der Waals surface area contributed by atoms with E-state index in [2.05, 4.69) is 11.4 Å². The molecule has 3 N–H and O–H groups in total. The van der Waals surface area contributed by atoms with Crippen molar-refractivity contribution in [2.75, 3.05) is 5.75 Å². The molecule has 0 aliphatic rings. The quantitative estimate of drug-likeness (QED) is 0.445. The number of hydrogen-bond acceptors (Lipinski definition) is 3. The predicted octanol–water partition coefficient (Wildman–Crippen LogP) is 2.41. The monoisotopic (exact) mass is 200 g/mol. The van der Waals surface area contributed by atoms with E-state index in [1.54, 1.807) is 23.1 Å². The Balaban J connectivity index is 2.31. The number of thiophene rings is 1. The van der Waals surface area contributed by atoms with Gasteiger partial charge < -0.3 is 5.73 Å². The molecule has 4 heteroatoms. The summed E-state index contributed by atoms with van der Waals surface area (Å²) in [5.41, 5.74) is 5.35. The van der Waals surface area contributed by atoms with Crippen LogP contribution in [0.4, 0.5) is 0 Å². The molecule has 1 atom stereocenters. The van der Waals surface area contributed by atoms with Gasteiger partial charge >= 0.3 is 0 Å². The lowest BCUT2D eigenvalue weighted by Gasteiger charge is -2.06. The van der Waals surface area contributed by atoms with E-state index >= 15 is 0 Å². The van der Waals surface area contributed by atoms with Gasteiger partial charge in [0.2, 0.25) is 0 Å². The van der Waals surface area contributed by atoms with E-state index in [0.717, 1.165) is 5.75 Å². The minimum atomic E-state index is 0.178. The van der Waals surface area contributed by atoms with Crippen LogP contribution in [0.25, 0.3) is 0 Å². The number of thioether (sulfide) groups is 1. The lowest BCUT2D eigenvalue weighted by molar-refractivity contribution is 0.880. The molecule has 12 heavy (non-hydrogen) atoms. The predicted molar refractivity (Wildman–Crippen MR) is 56.1 cm³/mol. The Hall–Kier alpha value is -0.480. The second kappa shape index (κ2) is 4.52. The highest BCUT2D eigenvalue weighted by molar-refractivity contribution is 8.01. The van der Waals surface area contributed by atoms with Crippen molar-refractivity contribution in [3.05, 3.63) is 17.5 Å². The molecule has 1 aromatic rings. The van der Waals surface area contributed by atoms with Gasteiger partial charge in [0.15, 0.2) is 0 Å². The molecule has 0 saturated heterocycles. The largest absolute Gasteiger partial charge is 0.387 e. The van der Waals surface area contributed by atoms with Crippen molar-refractivity contribution in [1.82, 2.24) is 0 Å². The number of nitrogens with one attached hydrogen (secondary N) is 1. The Labute approximate surface area is 80.7 Å². The van der Waals surface area contributed by atoms with Crippen LogP contribution in [0.15, 0.2) is 21.7 Å². The molecule has 0 saturated carbocycles. The summed E-state index contributed by atoms with van der Waals surface area (Å²) in [4.78, 5) is 0. The Morgan fingerprint density at radius 2 is 2.58 bits per heavy atom. The summed E-state index contributed by atoms with van der Waals surface area (Å²) < 4.78 is 1.29. The highest BCUT2D eigenvalue weighted by Gasteiger charge is 2.05. The Morgan fingerprint density at radius 3 is 3.08 bits per heavy atom. The summed E-state index contributed by atoms with van der Waals surface area (Å²) in [6.45, 7) is 1.98. The average molecular weight is 200 g/mol. The third-order valence-electron chi connectivity index (χ3n) is 1.50. The molecule has 1 aromatic heterocycles. The second-order valence-electron chi connectivity index (χ2n) is 2.60. The minimum absolute atomic E-state index is 0.178. The third kappa shape index (κ3) is 2.87. The zero-order valence-corrected chi connectivity index (χ0v) is 8.54. The summed E-state index contributed by atoms with van der Waals surface area (Å²) in [5, 5.41) is 9.25. The highest BCUT2D eigenvalue weighted by Crippen LogP contribution is 2.25. The van der Waals surface area contributed by atoms with Gasteiger partial charge in [0, 0.05) is 11.7 Å². The van der Waals surface area contributed by atoms with Crippen molar-refractivity contribution >= 4 is 28.9 Å². The second-order valence-corrected chi connectivity index (χ2v) is 4.87. The fraction of sp³-hybridized carbons (Fsp3) is 0.375. The molecule has 1 unspecified atom stereocenters. The summed E-state index contributed by atoms with van der Waals surface area (Å²) >= 11 is 3.49. The lowest BCUT2D eigenvalue weighted by atomic mass is 10.2. The van der Waals surface area contributed by atoms with Gasteiger partial charge in [-0.1, -0.05) is 13.0 Å². The fourth-order valence-electron chi connectivity index (χ4n) is 0.643. The van der Waals surface area contributed by atoms with Gasteiger partial charge in [-0.3, -0.25) is 5.41 Å². The molecule has 1 rings (SSSR count). The molecule has 0 amide bonds. The molecule has 0 radical (unpaired) electrons. The van der Waals surface area contributed by atoms with Crippen LogP contribution >= 0.6 is 23.1 Å². The van der Waals surface area contributed by atoms with Gasteiger partial charge in [-0.25, -0.2) is 0 Å². The molecular weight excluding hydrogens is 188 g/mol. The zero-order chi connectivity index (χ0) is 8.97. The van der Waals surface area contributed by atoms with E-state index in [1.165, 1.54) is 4.21 Å². The third-order valence-corrected chi connectivity index (χ3v) is 3.89.